The van der Waals surface area contributed by atoms with E-state index in [2.05, 4.69) is 11.8 Å². The van der Waals surface area contributed by atoms with Crippen LogP contribution in [-0.4, -0.2) is 35.9 Å². The number of ether oxygens (including phenoxy) is 2. The minimum atomic E-state index is -2.14. The molecule has 4 rings (SSSR count). The first-order chi connectivity index (χ1) is 10.9. The zero-order valence-electron chi connectivity index (χ0n) is 13.5. The Kier molecular flexibility index (Phi) is 3.38. The molecule has 1 saturated carbocycles. The summed E-state index contributed by atoms with van der Waals surface area (Å²) in [6, 6.07) is 3.52. The van der Waals surface area contributed by atoms with Crippen molar-refractivity contribution in [3.05, 3.63) is 23.8 Å². The van der Waals surface area contributed by atoms with Crippen LogP contribution in [0.4, 0.5) is 4.39 Å². The highest BCUT2D eigenvalue weighted by Crippen LogP contribution is 2.41. The van der Waals surface area contributed by atoms with Crippen LogP contribution in [0, 0.1) is 11.8 Å². The quantitative estimate of drug-likeness (QED) is 0.797. The number of nitrogens with zero attached hydrogens (tertiary/aromatic N) is 1. The van der Waals surface area contributed by atoms with Crippen molar-refractivity contribution in [1.82, 2.24) is 4.90 Å². The van der Waals surface area contributed by atoms with E-state index in [4.69, 9.17) is 9.47 Å². The molecular formula is C18H22FNO3. The van der Waals surface area contributed by atoms with Crippen molar-refractivity contribution in [3.8, 4) is 11.5 Å². The molecule has 23 heavy (non-hydrogen) atoms. The van der Waals surface area contributed by atoms with Crippen LogP contribution in [0.5, 0.6) is 11.5 Å². The normalized spacial score (nSPS) is 33.2. The molecular weight excluding hydrogens is 297 g/mol. The van der Waals surface area contributed by atoms with Crippen molar-refractivity contribution in [1.29, 1.82) is 0 Å². The SMILES string of the molecule is C[C@H]1CN(C2CC2)C[C@@H]1CC(=O)c1ccc2c(c1)OC(C)(F)O2. The van der Waals surface area contributed by atoms with E-state index >= 15 is 0 Å². The highest BCUT2D eigenvalue weighted by Gasteiger charge is 2.39. The first-order valence-electron chi connectivity index (χ1n) is 8.39. The molecule has 0 N–H and O–H groups in total. The Bertz CT molecular complexity index is 641. The van der Waals surface area contributed by atoms with Crippen LogP contribution in [0.1, 0.15) is 43.5 Å². The van der Waals surface area contributed by atoms with Crippen molar-refractivity contribution < 1.29 is 18.7 Å². The number of fused-ring (bicyclic) bond motifs is 1. The molecule has 0 bridgehead atoms. The van der Waals surface area contributed by atoms with E-state index in [-0.39, 0.29) is 5.78 Å². The Morgan fingerprint density at radius 1 is 1.30 bits per heavy atom. The molecule has 1 aromatic rings. The van der Waals surface area contributed by atoms with Crippen molar-refractivity contribution in [2.24, 2.45) is 11.8 Å². The van der Waals surface area contributed by atoms with Gasteiger partial charge in [0.25, 0.3) is 0 Å². The van der Waals surface area contributed by atoms with Gasteiger partial charge in [-0.3, -0.25) is 9.69 Å². The molecule has 5 heteroatoms. The fourth-order valence-corrected chi connectivity index (χ4v) is 3.69. The first kappa shape index (κ1) is 14.9. The molecule has 2 aliphatic heterocycles. The van der Waals surface area contributed by atoms with Crippen LogP contribution < -0.4 is 9.47 Å². The Hall–Kier alpha value is -1.62. The van der Waals surface area contributed by atoms with Crippen molar-refractivity contribution in [2.45, 2.75) is 45.2 Å². The number of hydrogen-bond donors (Lipinski definition) is 0. The lowest BCUT2D eigenvalue weighted by atomic mass is 9.90. The number of likely N-dealkylation sites (tertiary alicyclic amines) is 1. The highest BCUT2D eigenvalue weighted by atomic mass is 19.2. The molecule has 2 heterocycles. The summed E-state index contributed by atoms with van der Waals surface area (Å²) >= 11 is 0. The number of alkyl halides is 1. The predicted molar refractivity (Wildman–Crippen MR) is 83.4 cm³/mol. The lowest BCUT2D eigenvalue weighted by molar-refractivity contribution is -0.173. The van der Waals surface area contributed by atoms with E-state index in [1.165, 1.54) is 19.8 Å². The number of ketones is 1. The lowest BCUT2D eigenvalue weighted by Gasteiger charge is -2.14. The number of rotatable bonds is 4. The smallest absolute Gasteiger partial charge is 0.404 e. The number of hydrogen-bond acceptors (Lipinski definition) is 4. The average Bonchev–Trinajstić information content (AvgIpc) is 3.19. The van der Waals surface area contributed by atoms with Gasteiger partial charge in [0, 0.05) is 38.0 Å². The molecule has 0 aromatic heterocycles. The summed E-state index contributed by atoms with van der Waals surface area (Å²) in [5, 5.41) is 0. The third kappa shape index (κ3) is 2.94. The maximum Gasteiger partial charge on any atom is 0.404 e. The second kappa shape index (κ2) is 5.20. The molecule has 1 aliphatic carbocycles. The number of halogens is 1. The maximum absolute atomic E-state index is 13.7. The topological polar surface area (TPSA) is 38.8 Å². The largest absolute Gasteiger partial charge is 0.423 e. The second-order valence-corrected chi connectivity index (χ2v) is 7.25. The standard InChI is InChI=1S/C18H22FNO3/c1-11-9-20(14-4-5-14)10-13(11)7-15(21)12-3-6-16-17(8-12)23-18(2,19)22-16/h3,6,8,11,13-14H,4-5,7,9-10H2,1-2H3/t11-,13-,18?/m0/s1. The summed E-state index contributed by atoms with van der Waals surface area (Å²) < 4.78 is 23.8. The monoisotopic (exact) mass is 319 g/mol. The Balaban J connectivity index is 1.44. The minimum absolute atomic E-state index is 0.0957. The third-order valence-corrected chi connectivity index (χ3v) is 5.16. The van der Waals surface area contributed by atoms with Crippen molar-refractivity contribution in [2.75, 3.05) is 13.1 Å². The van der Waals surface area contributed by atoms with Gasteiger partial charge in [0.1, 0.15) is 0 Å². The van der Waals surface area contributed by atoms with Crippen molar-refractivity contribution in [3.63, 3.8) is 0 Å². The van der Waals surface area contributed by atoms with Crippen LogP contribution in [0.2, 0.25) is 0 Å². The van der Waals surface area contributed by atoms with Gasteiger partial charge >= 0.3 is 6.04 Å². The van der Waals surface area contributed by atoms with Gasteiger partial charge in [-0.1, -0.05) is 6.92 Å². The average molecular weight is 319 g/mol. The van der Waals surface area contributed by atoms with E-state index in [0.717, 1.165) is 19.1 Å². The number of benzene rings is 1. The molecule has 0 amide bonds. The third-order valence-electron chi connectivity index (χ3n) is 5.16. The molecule has 1 aromatic carbocycles. The van der Waals surface area contributed by atoms with E-state index in [0.29, 0.717) is 35.3 Å². The molecule has 3 aliphatic rings. The number of carbonyl (C=O) groups is 1. The van der Waals surface area contributed by atoms with E-state index in [1.807, 2.05) is 0 Å². The van der Waals surface area contributed by atoms with E-state index in [1.54, 1.807) is 18.2 Å². The van der Waals surface area contributed by atoms with Gasteiger partial charge in [0.2, 0.25) is 0 Å². The van der Waals surface area contributed by atoms with Gasteiger partial charge in [-0.2, -0.15) is 4.39 Å². The van der Waals surface area contributed by atoms with Crippen LogP contribution >= 0.6 is 0 Å². The zero-order chi connectivity index (χ0) is 16.2. The maximum atomic E-state index is 13.7. The highest BCUT2D eigenvalue weighted by molar-refractivity contribution is 5.97. The molecule has 2 fully saturated rings. The Labute approximate surface area is 135 Å². The van der Waals surface area contributed by atoms with Gasteiger partial charge in [0.15, 0.2) is 17.3 Å². The van der Waals surface area contributed by atoms with Crippen molar-refractivity contribution >= 4 is 5.78 Å². The zero-order valence-corrected chi connectivity index (χ0v) is 13.5. The number of carbonyl (C=O) groups excluding carboxylic acids is 1. The predicted octanol–water partition coefficient (Wildman–Crippen LogP) is 3.40. The summed E-state index contributed by atoms with van der Waals surface area (Å²) in [5.41, 5.74) is 0.571. The van der Waals surface area contributed by atoms with Crippen LogP contribution in [0.15, 0.2) is 18.2 Å². The van der Waals surface area contributed by atoms with Crippen LogP contribution in [0.25, 0.3) is 0 Å². The molecule has 1 saturated heterocycles. The molecule has 124 valence electrons. The van der Waals surface area contributed by atoms with Gasteiger partial charge in [-0.15, -0.1) is 0 Å². The van der Waals surface area contributed by atoms with Crippen LogP contribution in [-0.2, 0) is 0 Å². The fraction of sp³-hybridized carbons (Fsp3) is 0.611. The summed E-state index contributed by atoms with van der Waals surface area (Å²) in [7, 11) is 0. The first-order valence-corrected chi connectivity index (χ1v) is 8.39. The summed E-state index contributed by atoms with van der Waals surface area (Å²) in [5.74, 6) is 1.70. The fourth-order valence-electron chi connectivity index (χ4n) is 3.69. The van der Waals surface area contributed by atoms with Gasteiger partial charge in [-0.05, 0) is 42.9 Å². The van der Waals surface area contributed by atoms with Gasteiger partial charge < -0.3 is 9.47 Å². The van der Waals surface area contributed by atoms with Crippen LogP contribution in [0.3, 0.4) is 0 Å². The minimum Gasteiger partial charge on any atom is -0.423 e. The van der Waals surface area contributed by atoms with E-state index in [9.17, 15) is 9.18 Å². The molecule has 3 atom stereocenters. The lowest BCUT2D eigenvalue weighted by Crippen LogP contribution is -2.27. The van der Waals surface area contributed by atoms with Gasteiger partial charge in [0.05, 0.1) is 0 Å². The van der Waals surface area contributed by atoms with Gasteiger partial charge in [-0.25, -0.2) is 0 Å². The van der Waals surface area contributed by atoms with E-state index < -0.39 is 6.04 Å². The summed E-state index contributed by atoms with van der Waals surface area (Å²) in [6.45, 7) is 5.56. The molecule has 4 nitrogen and oxygen atoms in total. The molecule has 1 unspecified atom stereocenters. The Morgan fingerprint density at radius 2 is 2.04 bits per heavy atom. The number of Topliss-reactive ketones (excluding diaryl/α,β-unsaturated/α-hetero) is 1. The Morgan fingerprint density at radius 3 is 2.78 bits per heavy atom. The molecule has 0 radical (unpaired) electrons. The molecule has 0 spiro atoms. The summed E-state index contributed by atoms with van der Waals surface area (Å²) in [6.07, 6.45) is 3.14. The second-order valence-electron chi connectivity index (χ2n) is 7.25. The summed E-state index contributed by atoms with van der Waals surface area (Å²) in [4.78, 5) is 15.1.